The normalized spacial score (nSPS) is 12.0. The van der Waals surface area contributed by atoms with Crippen LogP contribution in [0.25, 0.3) is 0 Å². The number of hydrogen-bond acceptors (Lipinski definition) is 6. The van der Waals surface area contributed by atoms with Crippen LogP contribution in [0.1, 0.15) is 15.9 Å². The van der Waals surface area contributed by atoms with Gasteiger partial charge in [0, 0.05) is 23.7 Å². The Labute approximate surface area is 148 Å². The molecule has 1 amide bonds. The van der Waals surface area contributed by atoms with Crippen molar-refractivity contribution in [2.75, 3.05) is 6.79 Å². The molecule has 0 bridgehead atoms. The molecule has 1 N–H and O–H groups in total. The van der Waals surface area contributed by atoms with Crippen molar-refractivity contribution in [3.8, 4) is 22.4 Å². The number of rotatable bonds is 5. The van der Waals surface area contributed by atoms with Crippen molar-refractivity contribution in [3.63, 3.8) is 0 Å². The largest absolute Gasteiger partial charge is 0.454 e. The molecule has 0 radical (unpaired) electrons. The van der Waals surface area contributed by atoms with Crippen LogP contribution in [-0.4, -0.2) is 17.7 Å². The molecule has 0 saturated carbocycles. The van der Waals surface area contributed by atoms with Crippen LogP contribution in [0.5, 0.6) is 22.4 Å². The molecular formula is C18H14N2O4S. The van der Waals surface area contributed by atoms with Gasteiger partial charge in [-0.05, 0) is 42.0 Å². The van der Waals surface area contributed by atoms with Gasteiger partial charge in [-0.25, -0.2) is 4.98 Å². The lowest BCUT2D eigenvalue weighted by atomic mass is 10.1. The fraction of sp³-hybridized carbons (Fsp3) is 0.111. The zero-order valence-electron chi connectivity index (χ0n) is 13.1. The molecule has 4 rings (SSSR count). The molecule has 1 aromatic heterocycles. The van der Waals surface area contributed by atoms with E-state index in [0.717, 1.165) is 11.3 Å². The molecule has 25 heavy (non-hydrogen) atoms. The summed E-state index contributed by atoms with van der Waals surface area (Å²) in [7, 11) is 0. The maximum atomic E-state index is 12.3. The lowest BCUT2D eigenvalue weighted by molar-refractivity contribution is 0.0951. The third-order valence-corrected chi connectivity index (χ3v) is 4.27. The maximum Gasteiger partial charge on any atom is 0.278 e. The number of thiazole rings is 1. The third-order valence-electron chi connectivity index (χ3n) is 3.62. The van der Waals surface area contributed by atoms with Crippen LogP contribution in [0.4, 0.5) is 0 Å². The predicted octanol–water partition coefficient (Wildman–Crippen LogP) is 3.59. The number of fused-ring (bicyclic) bond motifs is 1. The number of amides is 1. The summed E-state index contributed by atoms with van der Waals surface area (Å²) >= 11 is 1.41. The molecule has 0 saturated heterocycles. The second kappa shape index (κ2) is 6.82. The Hall–Kier alpha value is -3.06. The highest BCUT2D eigenvalue weighted by Crippen LogP contribution is 2.32. The second-order valence-electron chi connectivity index (χ2n) is 5.29. The molecule has 0 atom stereocenters. The number of carbonyl (C=O) groups is 1. The second-order valence-corrected chi connectivity index (χ2v) is 6.15. The molecule has 0 aliphatic carbocycles. The highest BCUT2D eigenvalue weighted by molar-refractivity contribution is 7.11. The number of aromatic nitrogens is 1. The van der Waals surface area contributed by atoms with Gasteiger partial charge in [0.05, 0.1) is 0 Å². The number of nitrogens with one attached hydrogen (secondary N) is 1. The van der Waals surface area contributed by atoms with Crippen molar-refractivity contribution in [1.82, 2.24) is 10.3 Å². The van der Waals surface area contributed by atoms with Gasteiger partial charge in [-0.1, -0.05) is 17.4 Å². The number of hydrogen-bond donors (Lipinski definition) is 1. The molecule has 1 aliphatic rings. The van der Waals surface area contributed by atoms with Crippen LogP contribution >= 0.6 is 11.3 Å². The number of ether oxygens (including phenoxy) is 3. The van der Waals surface area contributed by atoms with Crippen molar-refractivity contribution in [1.29, 1.82) is 0 Å². The van der Waals surface area contributed by atoms with E-state index >= 15 is 0 Å². The molecule has 126 valence electrons. The summed E-state index contributed by atoms with van der Waals surface area (Å²) in [6, 6.07) is 12.5. The molecule has 1 aliphatic heterocycles. The zero-order chi connectivity index (χ0) is 17.1. The lowest BCUT2D eigenvalue weighted by Crippen LogP contribution is -2.22. The van der Waals surface area contributed by atoms with Gasteiger partial charge in [0.25, 0.3) is 11.1 Å². The number of carbonyl (C=O) groups excluding carboxylic acids is 1. The van der Waals surface area contributed by atoms with E-state index in [1.54, 1.807) is 30.5 Å². The first-order valence-electron chi connectivity index (χ1n) is 7.62. The Kier molecular flexibility index (Phi) is 4.22. The van der Waals surface area contributed by atoms with Gasteiger partial charge in [-0.15, -0.1) is 0 Å². The summed E-state index contributed by atoms with van der Waals surface area (Å²) in [6.45, 7) is 0.646. The van der Waals surface area contributed by atoms with E-state index in [-0.39, 0.29) is 12.7 Å². The molecule has 0 fully saturated rings. The van der Waals surface area contributed by atoms with E-state index in [0.29, 0.717) is 28.8 Å². The summed E-state index contributed by atoms with van der Waals surface area (Å²) in [5, 5.41) is 5.30. The number of benzene rings is 2. The summed E-state index contributed by atoms with van der Waals surface area (Å²) in [5.41, 5.74) is 1.51. The van der Waals surface area contributed by atoms with Gasteiger partial charge in [-0.3, -0.25) is 4.79 Å². The van der Waals surface area contributed by atoms with Crippen LogP contribution < -0.4 is 19.5 Å². The molecule has 0 spiro atoms. The van der Waals surface area contributed by atoms with E-state index in [1.807, 2.05) is 23.6 Å². The molecule has 3 aromatic rings. The molecule has 6 nitrogen and oxygen atoms in total. The Bertz CT molecular complexity index is 879. The van der Waals surface area contributed by atoms with Crippen LogP contribution in [0.15, 0.2) is 54.0 Å². The topological polar surface area (TPSA) is 69.7 Å². The molecular weight excluding hydrogens is 340 g/mol. The van der Waals surface area contributed by atoms with Gasteiger partial charge >= 0.3 is 0 Å². The SMILES string of the molecule is O=C(NCc1ccc2c(c1)OCO2)c1ccc(Oc2nccs2)cc1. The first-order chi connectivity index (χ1) is 12.3. The van der Waals surface area contributed by atoms with E-state index in [9.17, 15) is 4.79 Å². The standard InChI is InChI=1S/C18H14N2O4S/c21-17(20-10-12-1-6-15-16(9-12)23-11-22-15)13-2-4-14(5-3-13)24-18-19-7-8-25-18/h1-9H,10-11H2,(H,20,21). The van der Waals surface area contributed by atoms with Gasteiger partial charge < -0.3 is 19.5 Å². The summed E-state index contributed by atoms with van der Waals surface area (Å²) < 4.78 is 16.2. The van der Waals surface area contributed by atoms with E-state index in [2.05, 4.69) is 10.3 Å². The third kappa shape index (κ3) is 3.56. The average Bonchev–Trinajstić information content (AvgIpc) is 3.31. The summed E-state index contributed by atoms with van der Waals surface area (Å²) in [4.78, 5) is 16.3. The van der Waals surface area contributed by atoms with E-state index < -0.39 is 0 Å². The van der Waals surface area contributed by atoms with Crippen molar-refractivity contribution >= 4 is 17.2 Å². The minimum atomic E-state index is -0.154. The fourth-order valence-electron chi connectivity index (χ4n) is 2.37. The van der Waals surface area contributed by atoms with Crippen molar-refractivity contribution in [2.45, 2.75) is 6.54 Å². The van der Waals surface area contributed by atoms with Crippen molar-refractivity contribution in [2.24, 2.45) is 0 Å². The minimum absolute atomic E-state index is 0.154. The molecule has 2 aromatic carbocycles. The Morgan fingerprint density at radius 1 is 1.16 bits per heavy atom. The smallest absolute Gasteiger partial charge is 0.278 e. The highest BCUT2D eigenvalue weighted by Gasteiger charge is 2.13. The molecule has 7 heteroatoms. The maximum absolute atomic E-state index is 12.3. The minimum Gasteiger partial charge on any atom is -0.454 e. The van der Waals surface area contributed by atoms with Crippen LogP contribution in [0, 0.1) is 0 Å². The Morgan fingerprint density at radius 2 is 2.00 bits per heavy atom. The van der Waals surface area contributed by atoms with E-state index in [1.165, 1.54) is 11.3 Å². The lowest BCUT2D eigenvalue weighted by Gasteiger charge is -2.07. The first kappa shape index (κ1) is 15.5. The highest BCUT2D eigenvalue weighted by atomic mass is 32.1. The van der Waals surface area contributed by atoms with Gasteiger partial charge in [0.2, 0.25) is 6.79 Å². The number of nitrogens with zero attached hydrogens (tertiary/aromatic N) is 1. The van der Waals surface area contributed by atoms with Gasteiger partial charge in [0.15, 0.2) is 11.5 Å². The Morgan fingerprint density at radius 3 is 2.80 bits per heavy atom. The van der Waals surface area contributed by atoms with E-state index in [4.69, 9.17) is 14.2 Å². The molecule has 0 unspecified atom stereocenters. The summed E-state index contributed by atoms with van der Waals surface area (Å²) in [5.74, 6) is 1.92. The fourth-order valence-corrected chi connectivity index (χ4v) is 2.88. The van der Waals surface area contributed by atoms with Crippen molar-refractivity contribution in [3.05, 3.63) is 65.2 Å². The van der Waals surface area contributed by atoms with Crippen molar-refractivity contribution < 1.29 is 19.0 Å². The van der Waals surface area contributed by atoms with Crippen LogP contribution in [0.3, 0.4) is 0 Å². The Balaban J connectivity index is 1.36. The first-order valence-corrected chi connectivity index (χ1v) is 8.50. The summed E-state index contributed by atoms with van der Waals surface area (Å²) in [6.07, 6.45) is 1.68. The monoisotopic (exact) mass is 354 g/mol. The van der Waals surface area contributed by atoms with Crippen LogP contribution in [-0.2, 0) is 6.54 Å². The van der Waals surface area contributed by atoms with Gasteiger partial charge in [-0.2, -0.15) is 0 Å². The van der Waals surface area contributed by atoms with Gasteiger partial charge in [0.1, 0.15) is 5.75 Å². The predicted molar refractivity (Wildman–Crippen MR) is 92.4 cm³/mol. The van der Waals surface area contributed by atoms with Crippen LogP contribution in [0.2, 0.25) is 0 Å². The average molecular weight is 354 g/mol. The zero-order valence-corrected chi connectivity index (χ0v) is 13.9. The quantitative estimate of drug-likeness (QED) is 0.758. The molecule has 2 heterocycles.